The van der Waals surface area contributed by atoms with Gasteiger partial charge in [0.1, 0.15) is 5.75 Å². The zero-order valence-electron chi connectivity index (χ0n) is 10.1. The fourth-order valence-corrected chi connectivity index (χ4v) is 1.71. The lowest BCUT2D eigenvalue weighted by atomic mass is 10.1. The van der Waals surface area contributed by atoms with Crippen molar-refractivity contribution in [1.82, 2.24) is 4.98 Å². The van der Waals surface area contributed by atoms with Crippen LogP contribution in [0, 0.1) is 0 Å². The fraction of sp³-hybridized carbons (Fsp3) is 0.308. The number of aliphatic hydroxyl groups excluding tert-OH is 2. The summed E-state index contributed by atoms with van der Waals surface area (Å²) >= 11 is 0. The van der Waals surface area contributed by atoms with Crippen molar-refractivity contribution in [2.75, 3.05) is 25.6 Å². The molecule has 5 heteroatoms. The first-order valence-electron chi connectivity index (χ1n) is 5.70. The van der Waals surface area contributed by atoms with Crippen LogP contribution in [0.25, 0.3) is 10.9 Å². The van der Waals surface area contributed by atoms with E-state index < -0.39 is 6.10 Å². The first kappa shape index (κ1) is 12.6. The van der Waals surface area contributed by atoms with Crippen molar-refractivity contribution in [2.24, 2.45) is 0 Å². The number of aromatic nitrogens is 1. The molecule has 0 unspecified atom stereocenters. The van der Waals surface area contributed by atoms with Crippen LogP contribution >= 0.6 is 0 Å². The Bertz CT molecular complexity index is 531. The topological polar surface area (TPSA) is 74.6 Å². The fourth-order valence-electron chi connectivity index (χ4n) is 1.71. The van der Waals surface area contributed by atoms with Crippen LogP contribution in [0.2, 0.25) is 0 Å². The zero-order valence-corrected chi connectivity index (χ0v) is 10.1. The van der Waals surface area contributed by atoms with Crippen LogP contribution < -0.4 is 10.1 Å². The second-order valence-electron chi connectivity index (χ2n) is 3.97. The highest BCUT2D eigenvalue weighted by Crippen LogP contribution is 2.27. The predicted octanol–water partition coefficient (Wildman–Crippen LogP) is 1.01. The number of pyridine rings is 1. The summed E-state index contributed by atoms with van der Waals surface area (Å²) in [5.74, 6) is 0.719. The van der Waals surface area contributed by atoms with Crippen LogP contribution in [0.4, 0.5) is 5.69 Å². The molecule has 0 saturated carbocycles. The highest BCUT2D eigenvalue weighted by molar-refractivity contribution is 5.91. The first-order valence-corrected chi connectivity index (χ1v) is 5.70. The van der Waals surface area contributed by atoms with Crippen LogP contribution in [0.3, 0.4) is 0 Å². The molecule has 0 aliphatic rings. The Morgan fingerprint density at radius 3 is 3.00 bits per heavy atom. The summed E-state index contributed by atoms with van der Waals surface area (Å²) in [7, 11) is 1.60. The van der Waals surface area contributed by atoms with Crippen LogP contribution in [0.15, 0.2) is 30.5 Å². The number of fused-ring (bicyclic) bond motifs is 1. The smallest absolute Gasteiger partial charge is 0.121 e. The number of nitrogens with zero attached hydrogens (tertiary/aromatic N) is 1. The first-order chi connectivity index (χ1) is 8.74. The number of benzene rings is 1. The number of ether oxygens (including phenoxy) is 1. The third-order valence-electron chi connectivity index (χ3n) is 2.65. The van der Waals surface area contributed by atoms with Crippen LogP contribution in [-0.2, 0) is 0 Å². The minimum Gasteiger partial charge on any atom is -0.497 e. The van der Waals surface area contributed by atoms with Gasteiger partial charge in [0.2, 0.25) is 0 Å². The number of anilines is 1. The van der Waals surface area contributed by atoms with Crippen molar-refractivity contribution in [3.05, 3.63) is 30.5 Å². The summed E-state index contributed by atoms with van der Waals surface area (Å²) in [5.41, 5.74) is 1.58. The van der Waals surface area contributed by atoms with Gasteiger partial charge in [0.15, 0.2) is 0 Å². The minimum atomic E-state index is -0.796. The van der Waals surface area contributed by atoms with Crippen molar-refractivity contribution in [2.45, 2.75) is 6.10 Å². The van der Waals surface area contributed by atoms with Gasteiger partial charge in [0.25, 0.3) is 0 Å². The Morgan fingerprint density at radius 1 is 1.44 bits per heavy atom. The molecule has 0 amide bonds. The molecule has 2 rings (SSSR count). The van der Waals surface area contributed by atoms with E-state index in [4.69, 9.17) is 9.84 Å². The summed E-state index contributed by atoms with van der Waals surface area (Å²) < 4.78 is 5.22. The third kappa shape index (κ3) is 2.69. The van der Waals surface area contributed by atoms with E-state index in [1.807, 2.05) is 24.3 Å². The molecule has 96 valence electrons. The number of aliphatic hydroxyl groups is 2. The zero-order chi connectivity index (χ0) is 13.0. The lowest BCUT2D eigenvalue weighted by Gasteiger charge is -2.13. The normalized spacial score (nSPS) is 12.4. The molecular weight excluding hydrogens is 232 g/mol. The second-order valence-corrected chi connectivity index (χ2v) is 3.97. The summed E-state index contributed by atoms with van der Waals surface area (Å²) in [4.78, 5) is 4.30. The highest BCUT2D eigenvalue weighted by Gasteiger charge is 2.07. The quantitative estimate of drug-likeness (QED) is 0.736. The molecule has 1 aromatic heterocycles. The van der Waals surface area contributed by atoms with Gasteiger partial charge < -0.3 is 20.3 Å². The molecule has 0 spiro atoms. The number of nitrogens with one attached hydrogen (secondary N) is 1. The van der Waals surface area contributed by atoms with Gasteiger partial charge in [-0.15, -0.1) is 0 Å². The van der Waals surface area contributed by atoms with E-state index in [9.17, 15) is 5.11 Å². The maximum Gasteiger partial charge on any atom is 0.121 e. The van der Waals surface area contributed by atoms with E-state index in [0.29, 0.717) is 0 Å². The number of hydrogen-bond acceptors (Lipinski definition) is 5. The molecule has 0 bridgehead atoms. The molecular formula is C13H16N2O3. The van der Waals surface area contributed by atoms with E-state index >= 15 is 0 Å². The molecule has 18 heavy (non-hydrogen) atoms. The standard InChI is InChI=1S/C13H16N2O3/c1-18-11-5-9-3-2-4-14-13(9)12(6-11)15-7-10(17)8-16/h2-6,10,15-17H,7-8H2,1H3/t10-/m1/s1. The van der Waals surface area contributed by atoms with Gasteiger partial charge in [-0.05, 0) is 12.1 Å². The average molecular weight is 248 g/mol. The molecule has 0 aliphatic carbocycles. The summed E-state index contributed by atoms with van der Waals surface area (Å²) in [6.45, 7) is -0.0162. The minimum absolute atomic E-state index is 0.259. The van der Waals surface area contributed by atoms with Crippen LogP contribution in [0.5, 0.6) is 5.75 Å². The van der Waals surface area contributed by atoms with Gasteiger partial charge in [-0.25, -0.2) is 0 Å². The molecule has 5 nitrogen and oxygen atoms in total. The predicted molar refractivity (Wildman–Crippen MR) is 69.9 cm³/mol. The van der Waals surface area contributed by atoms with Crippen LogP contribution in [-0.4, -0.2) is 41.6 Å². The molecule has 2 aromatic rings. The maximum atomic E-state index is 9.35. The maximum absolute atomic E-state index is 9.35. The highest BCUT2D eigenvalue weighted by atomic mass is 16.5. The van der Waals surface area contributed by atoms with Crippen molar-refractivity contribution in [1.29, 1.82) is 0 Å². The van der Waals surface area contributed by atoms with E-state index in [0.717, 1.165) is 22.3 Å². The second kappa shape index (κ2) is 5.66. The lowest BCUT2D eigenvalue weighted by molar-refractivity contribution is 0.105. The number of hydrogen-bond donors (Lipinski definition) is 3. The summed E-state index contributed by atoms with van der Waals surface area (Å²) in [6.07, 6.45) is 0.914. The van der Waals surface area contributed by atoms with Gasteiger partial charge in [-0.2, -0.15) is 0 Å². The van der Waals surface area contributed by atoms with Gasteiger partial charge in [0, 0.05) is 24.2 Å². The molecule has 0 fully saturated rings. The average Bonchev–Trinajstić information content (AvgIpc) is 2.43. The van der Waals surface area contributed by atoms with Gasteiger partial charge >= 0.3 is 0 Å². The Labute approximate surface area is 105 Å². The van der Waals surface area contributed by atoms with Crippen molar-refractivity contribution < 1.29 is 14.9 Å². The lowest BCUT2D eigenvalue weighted by Crippen LogP contribution is -2.23. The van der Waals surface area contributed by atoms with E-state index in [-0.39, 0.29) is 13.2 Å². The SMILES string of the molecule is COc1cc(NC[C@@H](O)CO)c2ncccc2c1. The Hall–Kier alpha value is -1.85. The van der Waals surface area contributed by atoms with Crippen molar-refractivity contribution in [3.8, 4) is 5.75 Å². The van der Waals surface area contributed by atoms with Crippen molar-refractivity contribution in [3.63, 3.8) is 0 Å². The molecule has 0 radical (unpaired) electrons. The molecule has 3 N–H and O–H groups in total. The molecule has 0 aliphatic heterocycles. The van der Waals surface area contributed by atoms with Crippen LogP contribution in [0.1, 0.15) is 0 Å². The Balaban J connectivity index is 2.34. The van der Waals surface area contributed by atoms with Crippen molar-refractivity contribution >= 4 is 16.6 Å². The van der Waals surface area contributed by atoms with E-state index in [1.54, 1.807) is 13.3 Å². The monoisotopic (exact) mass is 248 g/mol. The molecule has 0 saturated heterocycles. The number of methoxy groups -OCH3 is 1. The van der Waals surface area contributed by atoms with E-state index in [1.165, 1.54) is 0 Å². The summed E-state index contributed by atoms with van der Waals surface area (Å²) in [6, 6.07) is 7.52. The molecule has 1 heterocycles. The summed E-state index contributed by atoms with van der Waals surface area (Å²) in [5, 5.41) is 22.2. The molecule has 1 atom stereocenters. The van der Waals surface area contributed by atoms with E-state index in [2.05, 4.69) is 10.3 Å². The van der Waals surface area contributed by atoms with Gasteiger partial charge in [-0.3, -0.25) is 4.98 Å². The largest absolute Gasteiger partial charge is 0.497 e. The van der Waals surface area contributed by atoms with Gasteiger partial charge in [0.05, 0.1) is 31.0 Å². The molecule has 1 aromatic carbocycles. The van der Waals surface area contributed by atoms with Gasteiger partial charge in [-0.1, -0.05) is 6.07 Å². The Morgan fingerprint density at radius 2 is 2.28 bits per heavy atom. The third-order valence-corrected chi connectivity index (χ3v) is 2.65. The number of rotatable bonds is 5. The Kier molecular flexibility index (Phi) is 3.96.